The number of carbonyl (C=O) groups excluding carboxylic acids is 1. The van der Waals surface area contributed by atoms with E-state index in [9.17, 15) is 9.18 Å². The van der Waals surface area contributed by atoms with E-state index in [-0.39, 0.29) is 11.7 Å². The number of halogens is 2. The average molecular weight is 314 g/mol. The molecule has 0 bridgehead atoms. The van der Waals surface area contributed by atoms with Crippen molar-refractivity contribution in [2.75, 3.05) is 6.54 Å². The first-order valence-electron chi connectivity index (χ1n) is 6.40. The summed E-state index contributed by atoms with van der Waals surface area (Å²) >= 11 is 3.21. The van der Waals surface area contributed by atoms with Crippen LogP contribution in [0.1, 0.15) is 42.5 Å². The van der Waals surface area contributed by atoms with Crippen LogP contribution in [-0.2, 0) is 0 Å². The van der Waals surface area contributed by atoms with E-state index in [1.165, 1.54) is 43.9 Å². The van der Waals surface area contributed by atoms with Crippen molar-refractivity contribution in [1.82, 2.24) is 5.32 Å². The number of hydrogen-bond acceptors (Lipinski definition) is 1. The summed E-state index contributed by atoms with van der Waals surface area (Å²) < 4.78 is 13.4. The number of carbonyl (C=O) groups is 1. The molecule has 2 rings (SSSR count). The molecule has 1 saturated carbocycles. The summed E-state index contributed by atoms with van der Waals surface area (Å²) in [5.74, 6) is 0.284. The minimum atomic E-state index is -0.343. The Morgan fingerprint density at radius 2 is 2.11 bits per heavy atom. The molecule has 1 fully saturated rings. The van der Waals surface area contributed by atoms with Crippen LogP contribution >= 0.6 is 15.9 Å². The van der Waals surface area contributed by atoms with Gasteiger partial charge in [-0.15, -0.1) is 0 Å². The smallest absolute Gasteiger partial charge is 0.252 e. The Kier molecular flexibility index (Phi) is 4.75. The largest absolute Gasteiger partial charge is 0.352 e. The third kappa shape index (κ3) is 3.55. The van der Waals surface area contributed by atoms with E-state index in [0.717, 1.165) is 12.3 Å². The van der Waals surface area contributed by atoms with Crippen molar-refractivity contribution in [3.63, 3.8) is 0 Å². The Hall–Kier alpha value is -0.900. The lowest BCUT2D eigenvalue weighted by Crippen LogP contribution is -2.26. The van der Waals surface area contributed by atoms with E-state index in [4.69, 9.17) is 0 Å². The van der Waals surface area contributed by atoms with E-state index in [0.29, 0.717) is 16.6 Å². The zero-order valence-electron chi connectivity index (χ0n) is 10.2. The fourth-order valence-corrected chi connectivity index (χ4v) is 2.99. The monoisotopic (exact) mass is 313 g/mol. The van der Waals surface area contributed by atoms with Gasteiger partial charge in [-0.1, -0.05) is 25.7 Å². The molecule has 0 heterocycles. The molecular weight excluding hydrogens is 297 g/mol. The van der Waals surface area contributed by atoms with Crippen LogP contribution in [-0.4, -0.2) is 12.5 Å². The number of rotatable bonds is 4. The predicted molar refractivity (Wildman–Crippen MR) is 73.0 cm³/mol. The molecule has 4 heteroatoms. The quantitative estimate of drug-likeness (QED) is 0.897. The van der Waals surface area contributed by atoms with Gasteiger partial charge in [0.1, 0.15) is 5.82 Å². The van der Waals surface area contributed by atoms with Crippen molar-refractivity contribution in [1.29, 1.82) is 0 Å². The van der Waals surface area contributed by atoms with Gasteiger partial charge < -0.3 is 5.32 Å². The summed E-state index contributed by atoms with van der Waals surface area (Å²) in [4.78, 5) is 11.9. The maximum atomic E-state index is 12.9. The standard InChI is InChI=1S/C14H17BrFNO/c15-13-9-11(16)5-6-12(13)14(18)17-8-7-10-3-1-2-4-10/h5-6,9-10H,1-4,7-8H2,(H,17,18). The average Bonchev–Trinajstić information content (AvgIpc) is 2.81. The molecule has 1 aliphatic rings. The zero-order chi connectivity index (χ0) is 13.0. The van der Waals surface area contributed by atoms with E-state index in [1.807, 2.05) is 0 Å². The molecule has 18 heavy (non-hydrogen) atoms. The van der Waals surface area contributed by atoms with E-state index < -0.39 is 0 Å². The number of hydrogen-bond donors (Lipinski definition) is 1. The van der Waals surface area contributed by atoms with Crippen molar-refractivity contribution in [3.8, 4) is 0 Å². The van der Waals surface area contributed by atoms with Crippen LogP contribution in [0.2, 0.25) is 0 Å². The van der Waals surface area contributed by atoms with Crippen LogP contribution in [0.25, 0.3) is 0 Å². The molecular formula is C14H17BrFNO. The van der Waals surface area contributed by atoms with Gasteiger partial charge in [-0.3, -0.25) is 4.79 Å². The molecule has 0 atom stereocenters. The van der Waals surface area contributed by atoms with Gasteiger partial charge in [0.15, 0.2) is 0 Å². The van der Waals surface area contributed by atoms with Crippen LogP contribution in [0.5, 0.6) is 0 Å². The Labute approximate surface area is 115 Å². The molecule has 0 spiro atoms. The lowest BCUT2D eigenvalue weighted by atomic mass is 10.0. The maximum Gasteiger partial charge on any atom is 0.252 e. The number of benzene rings is 1. The number of nitrogens with one attached hydrogen (secondary N) is 1. The molecule has 98 valence electrons. The van der Waals surface area contributed by atoms with Crippen LogP contribution in [0.15, 0.2) is 22.7 Å². The van der Waals surface area contributed by atoms with Gasteiger partial charge in [0.05, 0.1) is 5.56 Å². The Balaban J connectivity index is 1.83. The molecule has 1 aliphatic carbocycles. The highest BCUT2D eigenvalue weighted by Crippen LogP contribution is 2.27. The molecule has 1 aromatic rings. The first-order valence-corrected chi connectivity index (χ1v) is 7.19. The first-order chi connectivity index (χ1) is 8.66. The normalized spacial score (nSPS) is 15.9. The summed E-state index contributed by atoms with van der Waals surface area (Å²) in [5, 5.41) is 2.89. The predicted octanol–water partition coefficient (Wildman–Crippen LogP) is 3.90. The summed E-state index contributed by atoms with van der Waals surface area (Å²) in [5.41, 5.74) is 0.489. The third-order valence-corrected chi connectivity index (χ3v) is 4.14. The van der Waals surface area contributed by atoms with Crippen LogP contribution < -0.4 is 5.32 Å². The van der Waals surface area contributed by atoms with E-state index in [1.54, 1.807) is 0 Å². The summed E-state index contributed by atoms with van der Waals surface area (Å²) in [6.07, 6.45) is 6.26. The minimum Gasteiger partial charge on any atom is -0.352 e. The van der Waals surface area contributed by atoms with Gasteiger partial charge in [-0.2, -0.15) is 0 Å². The molecule has 0 radical (unpaired) electrons. The molecule has 2 nitrogen and oxygen atoms in total. The van der Waals surface area contributed by atoms with Gasteiger partial charge in [0.25, 0.3) is 5.91 Å². The second-order valence-electron chi connectivity index (χ2n) is 4.82. The third-order valence-electron chi connectivity index (χ3n) is 3.49. The highest BCUT2D eigenvalue weighted by molar-refractivity contribution is 9.10. The minimum absolute atomic E-state index is 0.139. The zero-order valence-corrected chi connectivity index (χ0v) is 11.8. The Morgan fingerprint density at radius 1 is 1.39 bits per heavy atom. The maximum absolute atomic E-state index is 12.9. The van der Waals surface area contributed by atoms with Crippen molar-refractivity contribution in [2.45, 2.75) is 32.1 Å². The molecule has 0 unspecified atom stereocenters. The fourth-order valence-electron chi connectivity index (χ4n) is 2.46. The molecule has 1 aromatic carbocycles. The topological polar surface area (TPSA) is 29.1 Å². The van der Waals surface area contributed by atoms with E-state index in [2.05, 4.69) is 21.2 Å². The Morgan fingerprint density at radius 3 is 2.78 bits per heavy atom. The van der Waals surface area contributed by atoms with Crippen LogP contribution in [0, 0.1) is 11.7 Å². The lowest BCUT2D eigenvalue weighted by Gasteiger charge is -2.10. The first kappa shape index (κ1) is 13.5. The van der Waals surface area contributed by atoms with Crippen molar-refractivity contribution in [3.05, 3.63) is 34.1 Å². The molecule has 1 amide bonds. The fraction of sp³-hybridized carbons (Fsp3) is 0.500. The van der Waals surface area contributed by atoms with Gasteiger partial charge in [-0.05, 0) is 46.5 Å². The molecule has 0 saturated heterocycles. The summed E-state index contributed by atoms with van der Waals surface area (Å²) in [7, 11) is 0. The number of amides is 1. The van der Waals surface area contributed by atoms with Crippen molar-refractivity contribution in [2.24, 2.45) is 5.92 Å². The molecule has 0 aliphatic heterocycles. The van der Waals surface area contributed by atoms with Gasteiger partial charge >= 0.3 is 0 Å². The Bertz CT molecular complexity index is 430. The van der Waals surface area contributed by atoms with Gasteiger partial charge in [0.2, 0.25) is 0 Å². The van der Waals surface area contributed by atoms with Crippen molar-refractivity contribution < 1.29 is 9.18 Å². The second kappa shape index (κ2) is 6.32. The second-order valence-corrected chi connectivity index (χ2v) is 5.67. The SMILES string of the molecule is O=C(NCCC1CCCC1)c1ccc(F)cc1Br. The van der Waals surface area contributed by atoms with Crippen LogP contribution in [0.4, 0.5) is 4.39 Å². The highest BCUT2D eigenvalue weighted by atomic mass is 79.9. The van der Waals surface area contributed by atoms with E-state index >= 15 is 0 Å². The summed E-state index contributed by atoms with van der Waals surface area (Å²) in [6, 6.07) is 4.12. The van der Waals surface area contributed by atoms with Gasteiger partial charge in [-0.25, -0.2) is 4.39 Å². The molecule has 1 N–H and O–H groups in total. The molecule has 0 aromatic heterocycles. The van der Waals surface area contributed by atoms with Gasteiger partial charge in [0, 0.05) is 11.0 Å². The lowest BCUT2D eigenvalue weighted by molar-refractivity contribution is 0.0950. The van der Waals surface area contributed by atoms with Crippen molar-refractivity contribution >= 4 is 21.8 Å². The van der Waals surface area contributed by atoms with Crippen LogP contribution in [0.3, 0.4) is 0 Å². The highest BCUT2D eigenvalue weighted by Gasteiger charge is 2.15. The summed E-state index contributed by atoms with van der Waals surface area (Å²) in [6.45, 7) is 0.702.